The molecule has 0 aromatic heterocycles. The highest BCUT2D eigenvalue weighted by molar-refractivity contribution is 9.10. The summed E-state index contributed by atoms with van der Waals surface area (Å²) >= 11 is 9.81. The molecule has 134 valence electrons. The van der Waals surface area contributed by atoms with Crippen LogP contribution < -0.4 is 9.47 Å². The molecule has 6 nitrogen and oxygen atoms in total. The highest BCUT2D eigenvalue weighted by atomic mass is 79.9. The van der Waals surface area contributed by atoms with E-state index >= 15 is 0 Å². The van der Waals surface area contributed by atoms with E-state index in [1.54, 1.807) is 18.2 Å². The maximum absolute atomic E-state index is 12.3. The van der Waals surface area contributed by atoms with Crippen LogP contribution in [0.2, 0.25) is 0 Å². The van der Waals surface area contributed by atoms with Crippen LogP contribution in [0.25, 0.3) is 6.08 Å². The SMILES string of the molecule is CCOc1cc(/C=C2\SC(=S)N(CC)C2=O)cc(Br)c1OCC(=O)O. The van der Waals surface area contributed by atoms with E-state index in [1.807, 2.05) is 13.8 Å². The van der Waals surface area contributed by atoms with Crippen molar-refractivity contribution in [2.75, 3.05) is 19.8 Å². The molecule has 25 heavy (non-hydrogen) atoms. The number of amides is 1. The van der Waals surface area contributed by atoms with Crippen molar-refractivity contribution in [3.8, 4) is 11.5 Å². The summed E-state index contributed by atoms with van der Waals surface area (Å²) in [5.74, 6) is -0.502. The third kappa shape index (κ3) is 4.74. The second-order valence-corrected chi connectivity index (χ2v) is 7.40. The van der Waals surface area contributed by atoms with Gasteiger partial charge in [-0.3, -0.25) is 9.69 Å². The van der Waals surface area contributed by atoms with Crippen LogP contribution in [0.3, 0.4) is 0 Å². The van der Waals surface area contributed by atoms with Gasteiger partial charge in [0.1, 0.15) is 4.32 Å². The summed E-state index contributed by atoms with van der Waals surface area (Å²) in [5.41, 5.74) is 0.717. The first kappa shape index (κ1) is 19.7. The molecule has 0 radical (unpaired) electrons. The summed E-state index contributed by atoms with van der Waals surface area (Å²) in [5, 5.41) is 8.79. The molecule has 1 aromatic carbocycles. The zero-order valence-corrected chi connectivity index (χ0v) is 16.8. The van der Waals surface area contributed by atoms with Gasteiger partial charge >= 0.3 is 5.97 Å². The van der Waals surface area contributed by atoms with Gasteiger partial charge in [-0.1, -0.05) is 24.0 Å². The van der Waals surface area contributed by atoms with Crippen LogP contribution in [0.15, 0.2) is 21.5 Å². The van der Waals surface area contributed by atoms with Crippen LogP contribution in [-0.2, 0) is 9.59 Å². The number of hydrogen-bond donors (Lipinski definition) is 1. The molecule has 1 aromatic rings. The number of likely N-dealkylation sites (N-methyl/N-ethyl adjacent to an activating group) is 1. The number of halogens is 1. The molecule has 1 N–H and O–H groups in total. The van der Waals surface area contributed by atoms with Gasteiger partial charge in [-0.2, -0.15) is 0 Å². The average molecular weight is 446 g/mol. The Morgan fingerprint density at radius 1 is 1.40 bits per heavy atom. The van der Waals surface area contributed by atoms with Crippen molar-refractivity contribution in [3.05, 3.63) is 27.1 Å². The lowest BCUT2D eigenvalue weighted by Crippen LogP contribution is -2.27. The Kier molecular flexibility index (Phi) is 6.86. The lowest BCUT2D eigenvalue weighted by Gasteiger charge is -2.13. The Labute approximate surface area is 163 Å². The van der Waals surface area contributed by atoms with Crippen LogP contribution in [0.4, 0.5) is 0 Å². The fraction of sp³-hybridized carbons (Fsp3) is 0.312. The van der Waals surface area contributed by atoms with Crippen molar-refractivity contribution in [1.82, 2.24) is 4.90 Å². The number of aliphatic carboxylic acids is 1. The summed E-state index contributed by atoms with van der Waals surface area (Å²) in [6.45, 7) is 4.11. The predicted octanol–water partition coefficient (Wildman–Crippen LogP) is 3.53. The molecule has 0 saturated carbocycles. The Hall–Kier alpha value is -1.58. The molecule has 2 rings (SSSR count). The molecule has 0 bridgehead atoms. The van der Waals surface area contributed by atoms with Crippen LogP contribution in [0.5, 0.6) is 11.5 Å². The van der Waals surface area contributed by atoms with Crippen molar-refractivity contribution in [3.63, 3.8) is 0 Å². The molecule has 0 spiro atoms. The predicted molar refractivity (Wildman–Crippen MR) is 104 cm³/mol. The lowest BCUT2D eigenvalue weighted by molar-refractivity contribution is -0.139. The number of carbonyl (C=O) groups is 2. The van der Waals surface area contributed by atoms with Crippen LogP contribution in [0.1, 0.15) is 19.4 Å². The smallest absolute Gasteiger partial charge is 0.341 e. The van der Waals surface area contributed by atoms with Crippen molar-refractivity contribution in [2.45, 2.75) is 13.8 Å². The molecule has 0 aliphatic carbocycles. The minimum atomic E-state index is -1.08. The largest absolute Gasteiger partial charge is 0.490 e. The van der Waals surface area contributed by atoms with E-state index in [0.29, 0.717) is 38.3 Å². The summed E-state index contributed by atoms with van der Waals surface area (Å²) in [7, 11) is 0. The number of carboxylic acid groups (broad SMARTS) is 1. The molecule has 1 amide bonds. The summed E-state index contributed by atoms with van der Waals surface area (Å²) in [6, 6.07) is 3.43. The van der Waals surface area contributed by atoms with Gasteiger partial charge in [0.05, 0.1) is 16.0 Å². The minimum absolute atomic E-state index is 0.127. The quantitative estimate of drug-likeness (QED) is 0.507. The van der Waals surface area contributed by atoms with E-state index in [0.717, 1.165) is 5.56 Å². The van der Waals surface area contributed by atoms with E-state index in [4.69, 9.17) is 26.8 Å². The normalized spacial score (nSPS) is 15.8. The fourth-order valence-electron chi connectivity index (χ4n) is 2.13. The zero-order chi connectivity index (χ0) is 18.6. The first-order valence-corrected chi connectivity index (χ1v) is 9.45. The molecule has 0 atom stereocenters. The molecule has 1 heterocycles. The van der Waals surface area contributed by atoms with Gasteiger partial charge in [-0.05, 0) is 53.5 Å². The number of benzene rings is 1. The third-order valence-corrected chi connectivity index (χ3v) is 5.13. The van der Waals surface area contributed by atoms with Crippen LogP contribution >= 0.6 is 39.9 Å². The van der Waals surface area contributed by atoms with E-state index in [9.17, 15) is 9.59 Å². The number of ether oxygens (including phenoxy) is 2. The second-order valence-electron chi connectivity index (χ2n) is 4.87. The molecule has 9 heteroatoms. The van der Waals surface area contributed by atoms with Crippen molar-refractivity contribution in [2.24, 2.45) is 0 Å². The Morgan fingerprint density at radius 2 is 2.12 bits per heavy atom. The molecule has 1 aliphatic rings. The molecular weight excluding hydrogens is 430 g/mol. The number of carbonyl (C=O) groups excluding carboxylic acids is 1. The average Bonchev–Trinajstić information content (AvgIpc) is 2.80. The molecular formula is C16H16BrNO5S2. The summed E-state index contributed by atoms with van der Waals surface area (Å²) < 4.78 is 11.9. The Balaban J connectivity index is 2.36. The van der Waals surface area contributed by atoms with Crippen LogP contribution in [0, 0.1) is 0 Å². The van der Waals surface area contributed by atoms with E-state index in [-0.39, 0.29) is 5.91 Å². The summed E-state index contributed by atoms with van der Waals surface area (Å²) in [6.07, 6.45) is 1.73. The fourth-order valence-corrected chi connectivity index (χ4v) is 4.09. The van der Waals surface area contributed by atoms with E-state index in [1.165, 1.54) is 16.7 Å². The first-order chi connectivity index (χ1) is 11.9. The van der Waals surface area contributed by atoms with Gasteiger partial charge in [0, 0.05) is 6.54 Å². The molecule has 0 unspecified atom stereocenters. The van der Waals surface area contributed by atoms with Gasteiger partial charge < -0.3 is 14.6 Å². The molecule has 1 fully saturated rings. The Bertz CT molecular complexity index is 750. The minimum Gasteiger partial charge on any atom is -0.490 e. The number of nitrogens with zero attached hydrogens (tertiary/aromatic N) is 1. The van der Waals surface area contributed by atoms with Gasteiger partial charge in [0.15, 0.2) is 18.1 Å². The number of hydrogen-bond acceptors (Lipinski definition) is 6. The lowest BCUT2D eigenvalue weighted by atomic mass is 10.2. The zero-order valence-electron chi connectivity index (χ0n) is 13.6. The van der Waals surface area contributed by atoms with Gasteiger partial charge in [0.2, 0.25) is 0 Å². The second kappa shape index (κ2) is 8.68. The Morgan fingerprint density at radius 3 is 2.68 bits per heavy atom. The number of carboxylic acids is 1. The van der Waals surface area contributed by atoms with Crippen molar-refractivity contribution >= 4 is 62.2 Å². The van der Waals surface area contributed by atoms with E-state index in [2.05, 4.69) is 15.9 Å². The number of thiocarbonyl (C=S) groups is 1. The first-order valence-electron chi connectivity index (χ1n) is 7.43. The summed E-state index contributed by atoms with van der Waals surface area (Å²) in [4.78, 5) is 25.1. The highest BCUT2D eigenvalue weighted by Gasteiger charge is 2.30. The number of rotatable bonds is 7. The van der Waals surface area contributed by atoms with Gasteiger partial charge in [-0.25, -0.2) is 4.79 Å². The van der Waals surface area contributed by atoms with Crippen LogP contribution in [-0.4, -0.2) is 46.0 Å². The molecule has 1 aliphatic heterocycles. The maximum Gasteiger partial charge on any atom is 0.341 e. The van der Waals surface area contributed by atoms with Gasteiger partial charge in [-0.15, -0.1) is 0 Å². The van der Waals surface area contributed by atoms with E-state index < -0.39 is 12.6 Å². The highest BCUT2D eigenvalue weighted by Crippen LogP contribution is 2.39. The maximum atomic E-state index is 12.3. The van der Waals surface area contributed by atoms with Crippen molar-refractivity contribution < 1.29 is 24.2 Å². The standard InChI is InChI=1S/C16H16BrNO5S2/c1-3-18-15(21)12(25-16(18)24)7-9-5-10(17)14(23-8-13(19)20)11(6-9)22-4-2/h5-7H,3-4,8H2,1-2H3,(H,19,20)/b12-7-. The number of thioether (sulfide) groups is 1. The van der Waals surface area contributed by atoms with Crippen molar-refractivity contribution in [1.29, 1.82) is 0 Å². The topological polar surface area (TPSA) is 76.1 Å². The monoisotopic (exact) mass is 445 g/mol. The third-order valence-electron chi connectivity index (χ3n) is 3.16. The van der Waals surface area contributed by atoms with Gasteiger partial charge in [0.25, 0.3) is 5.91 Å². The molecule has 1 saturated heterocycles.